The molecule has 1 amide bonds. The molecule has 2 aromatic rings. The van der Waals surface area contributed by atoms with E-state index >= 15 is 0 Å². The van der Waals surface area contributed by atoms with Crippen molar-refractivity contribution >= 4 is 17.0 Å². The monoisotopic (exact) mass is 192 g/mol. The number of rotatable bonds is 2. The topological polar surface area (TPSA) is 78.4 Å². The van der Waals surface area contributed by atoms with Crippen LogP contribution in [0.15, 0.2) is 22.6 Å². The van der Waals surface area contributed by atoms with Crippen LogP contribution in [0, 0.1) is 0 Å². The number of carbonyl (C=O) groups is 1. The van der Waals surface area contributed by atoms with Gasteiger partial charge in [0.2, 0.25) is 0 Å². The first kappa shape index (κ1) is 8.55. The maximum absolute atomic E-state index is 10.8. The first-order chi connectivity index (χ1) is 6.72. The lowest BCUT2D eigenvalue weighted by molar-refractivity contribution is 0.0969. The minimum absolute atomic E-state index is 0.107. The van der Waals surface area contributed by atoms with Crippen LogP contribution < -0.4 is 10.5 Å². The molecule has 0 bridgehead atoms. The molecular weight excluding hydrogens is 184 g/mol. The van der Waals surface area contributed by atoms with Crippen LogP contribution in [0.1, 0.15) is 10.7 Å². The van der Waals surface area contributed by atoms with Crippen LogP contribution in [0.3, 0.4) is 0 Å². The summed E-state index contributed by atoms with van der Waals surface area (Å²) in [5.74, 6) is -0.268. The summed E-state index contributed by atoms with van der Waals surface area (Å²) in [5.41, 5.74) is 6.02. The van der Waals surface area contributed by atoms with E-state index in [9.17, 15) is 4.79 Å². The van der Waals surface area contributed by atoms with Gasteiger partial charge in [0, 0.05) is 0 Å². The number of carbonyl (C=O) groups excluding carboxylic acids is 1. The Bertz CT molecular complexity index is 490. The van der Waals surface area contributed by atoms with Crippen molar-refractivity contribution in [2.45, 2.75) is 0 Å². The van der Waals surface area contributed by atoms with E-state index in [0.29, 0.717) is 16.8 Å². The molecular formula is C9H8N2O3. The summed E-state index contributed by atoms with van der Waals surface area (Å²) < 4.78 is 10.2. The van der Waals surface area contributed by atoms with Crippen molar-refractivity contribution in [3.63, 3.8) is 0 Å². The normalized spacial score (nSPS) is 10.4. The first-order valence-corrected chi connectivity index (χ1v) is 3.95. The molecule has 0 unspecified atom stereocenters. The van der Waals surface area contributed by atoms with Crippen LogP contribution in [-0.2, 0) is 0 Å². The molecule has 1 aromatic heterocycles. The van der Waals surface area contributed by atoms with Crippen molar-refractivity contribution in [1.29, 1.82) is 0 Å². The third-order valence-electron chi connectivity index (χ3n) is 1.81. The van der Waals surface area contributed by atoms with Gasteiger partial charge in [-0.15, -0.1) is 0 Å². The van der Waals surface area contributed by atoms with Crippen molar-refractivity contribution in [1.82, 2.24) is 4.98 Å². The molecule has 0 aliphatic rings. The number of hydrogen-bond acceptors (Lipinski definition) is 4. The van der Waals surface area contributed by atoms with Gasteiger partial charge in [0.15, 0.2) is 11.3 Å². The second-order valence-electron chi connectivity index (χ2n) is 2.69. The molecule has 1 heterocycles. The molecule has 0 aliphatic heterocycles. The molecule has 0 spiro atoms. The SMILES string of the molecule is COc1cccc2nc(C(N)=O)oc12. The van der Waals surface area contributed by atoms with E-state index in [2.05, 4.69) is 4.98 Å². The van der Waals surface area contributed by atoms with Gasteiger partial charge in [-0.05, 0) is 12.1 Å². The molecule has 0 atom stereocenters. The lowest BCUT2D eigenvalue weighted by Crippen LogP contribution is -2.10. The predicted molar refractivity (Wildman–Crippen MR) is 49.1 cm³/mol. The van der Waals surface area contributed by atoms with Gasteiger partial charge >= 0.3 is 5.91 Å². The molecule has 2 rings (SSSR count). The Balaban J connectivity index is 2.70. The zero-order valence-electron chi connectivity index (χ0n) is 7.48. The van der Waals surface area contributed by atoms with E-state index in [4.69, 9.17) is 14.9 Å². The van der Waals surface area contributed by atoms with Gasteiger partial charge in [0.1, 0.15) is 5.52 Å². The number of fused-ring (bicyclic) bond motifs is 1. The molecule has 1 aromatic carbocycles. The van der Waals surface area contributed by atoms with Crippen molar-refractivity contribution in [2.75, 3.05) is 7.11 Å². The maximum Gasteiger partial charge on any atom is 0.304 e. The van der Waals surface area contributed by atoms with Crippen LogP contribution in [0.2, 0.25) is 0 Å². The van der Waals surface area contributed by atoms with E-state index < -0.39 is 5.91 Å². The minimum Gasteiger partial charge on any atom is -0.493 e. The molecule has 72 valence electrons. The summed E-state index contributed by atoms with van der Waals surface area (Å²) in [4.78, 5) is 14.7. The number of hydrogen-bond donors (Lipinski definition) is 1. The number of aromatic nitrogens is 1. The highest BCUT2D eigenvalue weighted by Crippen LogP contribution is 2.25. The number of nitrogens with two attached hydrogens (primary N) is 1. The molecule has 0 saturated heterocycles. The Hall–Kier alpha value is -2.04. The zero-order chi connectivity index (χ0) is 10.1. The lowest BCUT2D eigenvalue weighted by atomic mass is 10.3. The number of primary amides is 1. The van der Waals surface area contributed by atoms with Gasteiger partial charge in [-0.2, -0.15) is 0 Å². The van der Waals surface area contributed by atoms with Gasteiger partial charge in [-0.25, -0.2) is 4.98 Å². The fourth-order valence-electron chi connectivity index (χ4n) is 1.19. The smallest absolute Gasteiger partial charge is 0.304 e. The van der Waals surface area contributed by atoms with Gasteiger partial charge in [-0.3, -0.25) is 4.79 Å². The number of oxazole rings is 1. The van der Waals surface area contributed by atoms with Crippen molar-refractivity contribution in [3.05, 3.63) is 24.1 Å². The molecule has 0 radical (unpaired) electrons. The second-order valence-corrected chi connectivity index (χ2v) is 2.69. The van der Waals surface area contributed by atoms with Crippen LogP contribution in [0.5, 0.6) is 5.75 Å². The highest BCUT2D eigenvalue weighted by molar-refractivity contribution is 5.92. The summed E-state index contributed by atoms with van der Waals surface area (Å²) in [7, 11) is 1.52. The molecule has 0 aliphatic carbocycles. The van der Waals surface area contributed by atoms with E-state index in [-0.39, 0.29) is 5.89 Å². The van der Waals surface area contributed by atoms with Gasteiger partial charge in [-0.1, -0.05) is 6.07 Å². The fourth-order valence-corrected chi connectivity index (χ4v) is 1.19. The average Bonchev–Trinajstić information content (AvgIpc) is 2.60. The molecule has 14 heavy (non-hydrogen) atoms. The van der Waals surface area contributed by atoms with E-state index in [1.807, 2.05) is 0 Å². The Kier molecular flexibility index (Phi) is 1.85. The third kappa shape index (κ3) is 1.19. The number of nitrogens with zero attached hydrogens (tertiary/aromatic N) is 1. The van der Waals surface area contributed by atoms with Crippen molar-refractivity contribution in [2.24, 2.45) is 5.73 Å². The van der Waals surface area contributed by atoms with E-state index in [1.54, 1.807) is 18.2 Å². The summed E-state index contributed by atoms with van der Waals surface area (Å²) in [5, 5.41) is 0. The number of ether oxygens (including phenoxy) is 1. The standard InChI is InChI=1S/C9H8N2O3/c1-13-6-4-2-3-5-7(6)14-9(11-5)8(10)12/h2-4H,1H3,(H2,10,12). The van der Waals surface area contributed by atoms with Gasteiger partial charge in [0.05, 0.1) is 7.11 Å². The summed E-state index contributed by atoms with van der Waals surface area (Å²) in [6, 6.07) is 5.19. The number of benzene rings is 1. The van der Waals surface area contributed by atoms with E-state index in [1.165, 1.54) is 7.11 Å². The number of methoxy groups -OCH3 is 1. The minimum atomic E-state index is -0.691. The maximum atomic E-state index is 10.8. The molecule has 5 heteroatoms. The highest BCUT2D eigenvalue weighted by atomic mass is 16.5. The van der Waals surface area contributed by atoms with Crippen molar-refractivity contribution in [3.8, 4) is 5.75 Å². The molecule has 0 saturated carbocycles. The third-order valence-corrected chi connectivity index (χ3v) is 1.81. The highest BCUT2D eigenvalue weighted by Gasteiger charge is 2.13. The molecule has 5 nitrogen and oxygen atoms in total. The van der Waals surface area contributed by atoms with Crippen LogP contribution >= 0.6 is 0 Å². The molecule has 0 fully saturated rings. The zero-order valence-corrected chi connectivity index (χ0v) is 7.48. The largest absolute Gasteiger partial charge is 0.493 e. The fraction of sp³-hybridized carbons (Fsp3) is 0.111. The Morgan fingerprint density at radius 2 is 2.36 bits per heavy atom. The van der Waals surface area contributed by atoms with E-state index in [0.717, 1.165) is 0 Å². The molecule has 2 N–H and O–H groups in total. The number of amides is 1. The first-order valence-electron chi connectivity index (χ1n) is 3.95. The summed E-state index contributed by atoms with van der Waals surface area (Å²) >= 11 is 0. The predicted octanol–water partition coefficient (Wildman–Crippen LogP) is 0.935. The van der Waals surface area contributed by atoms with Gasteiger partial charge < -0.3 is 14.9 Å². The average molecular weight is 192 g/mol. The second kappa shape index (κ2) is 3.02. The Morgan fingerprint density at radius 3 is 3.00 bits per heavy atom. The Morgan fingerprint density at radius 1 is 1.57 bits per heavy atom. The Labute approximate surface area is 79.5 Å². The number of para-hydroxylation sites is 1. The van der Waals surface area contributed by atoms with Crippen molar-refractivity contribution < 1.29 is 13.9 Å². The quantitative estimate of drug-likeness (QED) is 0.767. The van der Waals surface area contributed by atoms with Crippen LogP contribution in [-0.4, -0.2) is 18.0 Å². The van der Waals surface area contributed by atoms with Gasteiger partial charge in [0.25, 0.3) is 5.89 Å². The lowest BCUT2D eigenvalue weighted by Gasteiger charge is -1.96. The van der Waals surface area contributed by atoms with Crippen LogP contribution in [0.25, 0.3) is 11.1 Å². The van der Waals surface area contributed by atoms with Crippen LogP contribution in [0.4, 0.5) is 0 Å². The summed E-state index contributed by atoms with van der Waals surface area (Å²) in [6.45, 7) is 0. The summed E-state index contributed by atoms with van der Waals surface area (Å²) in [6.07, 6.45) is 0.